The normalized spacial score (nSPS) is 8.36. The van der Waals surface area contributed by atoms with Crippen LogP contribution in [0.1, 0.15) is 51.9 Å². The van der Waals surface area contributed by atoms with Gasteiger partial charge in [-0.1, -0.05) is 39.0 Å². The Morgan fingerprint density at radius 1 is 1.00 bits per heavy atom. The summed E-state index contributed by atoms with van der Waals surface area (Å²) in [6, 6.07) is 0. The first-order valence-electron chi connectivity index (χ1n) is 4.35. The predicted molar refractivity (Wildman–Crippen MR) is 46.8 cm³/mol. The monoisotopic (exact) mass is 364 g/mol. The molecule has 0 amide bonds. The van der Waals surface area contributed by atoms with Gasteiger partial charge in [-0.3, -0.25) is 0 Å². The average molecular weight is 364 g/mol. The van der Waals surface area contributed by atoms with Gasteiger partial charge < -0.3 is 0 Å². The van der Waals surface area contributed by atoms with E-state index in [1.54, 1.807) is 0 Å². The van der Waals surface area contributed by atoms with Crippen LogP contribution in [0.25, 0.3) is 0 Å². The summed E-state index contributed by atoms with van der Waals surface area (Å²) in [6.45, 7) is 2.24. The maximum atomic E-state index is 5.12. The minimum atomic E-state index is 0. The van der Waals surface area contributed by atoms with Crippen molar-refractivity contribution in [2.75, 3.05) is 0 Å². The molecule has 0 aliphatic heterocycles. The molecule has 0 spiro atoms. The molecule has 60 valence electrons. The van der Waals surface area contributed by atoms with Crippen LogP contribution < -0.4 is 0 Å². The van der Waals surface area contributed by atoms with Crippen molar-refractivity contribution in [3.8, 4) is 12.3 Å². The molecule has 0 atom stereocenters. The van der Waals surface area contributed by atoms with Gasteiger partial charge in [-0.05, 0) is 6.42 Å². The molecule has 0 bridgehead atoms. The van der Waals surface area contributed by atoms with E-state index in [1.165, 1.54) is 38.5 Å². The molecule has 2 radical (unpaired) electrons. The van der Waals surface area contributed by atoms with Crippen LogP contribution in [0.15, 0.2) is 0 Å². The van der Waals surface area contributed by atoms with Crippen molar-refractivity contribution in [2.24, 2.45) is 0 Å². The molecule has 0 nitrogen and oxygen atoms in total. The quantitative estimate of drug-likeness (QED) is 0.501. The third-order valence-electron chi connectivity index (χ3n) is 1.67. The zero-order chi connectivity index (χ0) is 7.66. The van der Waals surface area contributed by atoms with Crippen molar-refractivity contribution in [2.45, 2.75) is 51.9 Å². The van der Waals surface area contributed by atoms with E-state index in [9.17, 15) is 0 Å². The summed E-state index contributed by atoms with van der Waals surface area (Å²) in [5, 5.41) is 0. The zero-order valence-corrected chi connectivity index (χ0v) is 13.5. The van der Waals surface area contributed by atoms with Crippen molar-refractivity contribution in [3.63, 3.8) is 0 Å². The van der Waals surface area contributed by atoms with Crippen LogP contribution in [0.4, 0.5) is 0 Å². The van der Waals surface area contributed by atoms with Gasteiger partial charge in [0.05, 0.1) is 0 Å². The van der Waals surface area contributed by atoms with Gasteiger partial charge in [0, 0.05) is 51.4 Å². The number of hydrogen-bond acceptors (Lipinski definition) is 0. The van der Waals surface area contributed by atoms with E-state index in [1.807, 2.05) is 0 Å². The Morgan fingerprint density at radius 3 is 2.09 bits per heavy atom. The molecule has 0 aliphatic rings. The van der Waals surface area contributed by atoms with Crippen LogP contribution in [0, 0.1) is 57.3 Å². The van der Waals surface area contributed by atoms with Crippen LogP contribution >= 0.6 is 0 Å². The Morgan fingerprint density at radius 2 is 1.55 bits per heavy atom. The SMILES string of the molecule is C#CCCCCCCCC.[Ra]. The van der Waals surface area contributed by atoms with E-state index in [2.05, 4.69) is 12.8 Å². The first kappa shape index (κ1) is 14.5. The Bertz CT molecular complexity index is 91.5. The second-order valence-electron chi connectivity index (χ2n) is 2.72. The molecule has 0 rings (SSSR count). The van der Waals surface area contributed by atoms with Crippen molar-refractivity contribution >= 4 is 0 Å². The molecule has 0 aromatic rings. The third-order valence-corrected chi connectivity index (χ3v) is 1.67. The summed E-state index contributed by atoms with van der Waals surface area (Å²) in [7, 11) is 0. The van der Waals surface area contributed by atoms with Gasteiger partial charge in [-0.2, -0.15) is 0 Å². The Hall–Kier alpha value is 1.03. The van der Waals surface area contributed by atoms with Crippen LogP contribution in [-0.2, 0) is 0 Å². The smallest absolute Gasteiger partial charge is 0.00860 e. The average Bonchev–Trinajstić information content (AvgIpc) is 1.97. The largest absolute Gasteiger partial charge is 0.120 e. The number of hydrogen-bond donors (Lipinski definition) is 0. The third kappa shape index (κ3) is 13.9. The second kappa shape index (κ2) is 13.6. The molecule has 0 fully saturated rings. The van der Waals surface area contributed by atoms with Crippen molar-refractivity contribution < 1.29 is 45.0 Å². The van der Waals surface area contributed by atoms with Crippen LogP contribution in [0.3, 0.4) is 0 Å². The van der Waals surface area contributed by atoms with E-state index < -0.39 is 0 Å². The van der Waals surface area contributed by atoms with Gasteiger partial charge in [0.1, 0.15) is 0 Å². The molecule has 0 aromatic carbocycles. The van der Waals surface area contributed by atoms with Gasteiger partial charge in [0.15, 0.2) is 0 Å². The molecular formula is C10H18Ra. The summed E-state index contributed by atoms with van der Waals surface area (Å²) in [5.41, 5.74) is 0. The van der Waals surface area contributed by atoms with Crippen LogP contribution in [0.5, 0.6) is 0 Å². The molecule has 1 heteroatoms. The summed E-state index contributed by atoms with van der Waals surface area (Å²) in [4.78, 5) is 0. The van der Waals surface area contributed by atoms with Gasteiger partial charge >= 0.3 is 0 Å². The summed E-state index contributed by atoms with van der Waals surface area (Å²) in [6.07, 6.45) is 14.1. The number of rotatable bonds is 6. The fraction of sp³-hybridized carbons (Fsp3) is 0.800. The number of unbranched alkanes of at least 4 members (excludes halogenated alkanes) is 6. The van der Waals surface area contributed by atoms with Crippen LogP contribution in [0.2, 0.25) is 0 Å². The molecule has 0 N–H and O–H groups in total. The maximum Gasteiger partial charge on any atom is 0.00860 e. The molecule has 0 aromatic heterocycles. The van der Waals surface area contributed by atoms with E-state index in [0.717, 1.165) is 6.42 Å². The Balaban J connectivity index is 0. The fourth-order valence-corrected chi connectivity index (χ4v) is 1.01. The van der Waals surface area contributed by atoms with Gasteiger partial charge in [0.25, 0.3) is 0 Å². The molecule has 0 heterocycles. The minimum Gasteiger partial charge on any atom is -0.120 e. The molecule has 0 saturated carbocycles. The summed E-state index contributed by atoms with van der Waals surface area (Å²) in [5.74, 6) is 2.66. The van der Waals surface area contributed by atoms with Gasteiger partial charge in [0.2, 0.25) is 0 Å². The molecule has 0 saturated heterocycles. The maximum absolute atomic E-state index is 5.12. The minimum absolute atomic E-state index is 0. The van der Waals surface area contributed by atoms with Crippen molar-refractivity contribution in [1.29, 1.82) is 0 Å². The number of terminal acetylenes is 1. The van der Waals surface area contributed by atoms with E-state index in [4.69, 9.17) is 6.42 Å². The van der Waals surface area contributed by atoms with Crippen LogP contribution in [-0.4, -0.2) is 0 Å². The first-order valence-corrected chi connectivity index (χ1v) is 4.35. The van der Waals surface area contributed by atoms with Crippen molar-refractivity contribution in [1.82, 2.24) is 0 Å². The zero-order valence-electron chi connectivity index (χ0n) is 7.73. The molecule has 11 heavy (non-hydrogen) atoms. The van der Waals surface area contributed by atoms with E-state index >= 15 is 0 Å². The topological polar surface area (TPSA) is 0 Å². The van der Waals surface area contributed by atoms with Gasteiger partial charge in [-0.15, -0.1) is 12.3 Å². The summed E-state index contributed by atoms with van der Waals surface area (Å²) < 4.78 is 0. The molecule has 0 unspecified atom stereocenters. The van der Waals surface area contributed by atoms with Gasteiger partial charge in [-0.25, -0.2) is 0 Å². The summed E-state index contributed by atoms with van der Waals surface area (Å²) >= 11 is 0. The fourth-order valence-electron chi connectivity index (χ4n) is 1.01. The Kier molecular flexibility index (Phi) is 18.0. The first-order chi connectivity index (χ1) is 4.91. The predicted octanol–water partition coefficient (Wildman–Crippen LogP) is 3.37. The van der Waals surface area contributed by atoms with E-state index in [0.29, 0.717) is 0 Å². The standard InChI is InChI=1S/C10H18.Ra/c1-3-5-7-9-10-8-6-4-2;/h1H,4-10H2,2H3;. The second-order valence-corrected chi connectivity index (χ2v) is 2.72. The molecule has 0 aliphatic carbocycles. The van der Waals surface area contributed by atoms with E-state index in [-0.39, 0.29) is 45.0 Å². The van der Waals surface area contributed by atoms with Crippen molar-refractivity contribution in [3.05, 3.63) is 0 Å². The Labute approximate surface area is 108 Å². The molecular weight excluding hydrogens is 346 g/mol.